The van der Waals surface area contributed by atoms with Gasteiger partial charge in [-0.25, -0.2) is 0 Å². The molecule has 2 rings (SSSR count). The van der Waals surface area contributed by atoms with Crippen LogP contribution in [0.2, 0.25) is 0 Å². The number of aldehydes is 1. The standard InChI is InChI=1S/C14H15NO2/c1-9(15)12-5-3-10-7-11(17-2)4-6-13(10)14(12)8-16/h3-9H,15H2,1-2H3/t9-/m0/s1. The molecule has 0 amide bonds. The van der Waals surface area contributed by atoms with Crippen LogP contribution in [0.1, 0.15) is 28.9 Å². The van der Waals surface area contributed by atoms with Crippen LogP contribution >= 0.6 is 0 Å². The second kappa shape index (κ2) is 4.55. The third kappa shape index (κ3) is 2.01. The van der Waals surface area contributed by atoms with Crippen molar-refractivity contribution >= 4 is 17.1 Å². The van der Waals surface area contributed by atoms with Crippen LogP contribution in [-0.4, -0.2) is 13.4 Å². The van der Waals surface area contributed by atoms with Crippen LogP contribution in [0.15, 0.2) is 30.3 Å². The number of ether oxygens (including phenoxy) is 1. The highest BCUT2D eigenvalue weighted by atomic mass is 16.5. The number of rotatable bonds is 3. The van der Waals surface area contributed by atoms with E-state index in [1.54, 1.807) is 7.11 Å². The summed E-state index contributed by atoms with van der Waals surface area (Å²) in [5.74, 6) is 0.780. The van der Waals surface area contributed by atoms with Crippen LogP contribution in [0.3, 0.4) is 0 Å². The number of carbonyl (C=O) groups excluding carboxylic acids is 1. The van der Waals surface area contributed by atoms with Crippen molar-refractivity contribution in [2.75, 3.05) is 7.11 Å². The van der Waals surface area contributed by atoms with Crippen LogP contribution in [0.25, 0.3) is 10.8 Å². The first kappa shape index (κ1) is 11.6. The number of fused-ring (bicyclic) bond motifs is 1. The fraction of sp³-hybridized carbons (Fsp3) is 0.214. The highest BCUT2D eigenvalue weighted by molar-refractivity contribution is 6.00. The molecule has 0 radical (unpaired) electrons. The van der Waals surface area contributed by atoms with E-state index in [1.165, 1.54) is 0 Å². The molecule has 3 nitrogen and oxygen atoms in total. The van der Waals surface area contributed by atoms with Gasteiger partial charge in [0.25, 0.3) is 0 Å². The number of carbonyl (C=O) groups is 1. The van der Waals surface area contributed by atoms with Gasteiger partial charge in [-0.15, -0.1) is 0 Å². The SMILES string of the molecule is COc1ccc2c(C=O)c([C@H](C)N)ccc2c1. The molecule has 2 N–H and O–H groups in total. The predicted octanol–water partition coefficient (Wildman–Crippen LogP) is 2.68. The molecular weight excluding hydrogens is 214 g/mol. The van der Waals surface area contributed by atoms with Crippen molar-refractivity contribution in [1.82, 2.24) is 0 Å². The number of hydrogen-bond acceptors (Lipinski definition) is 3. The normalized spacial score (nSPS) is 12.4. The highest BCUT2D eigenvalue weighted by Gasteiger charge is 2.10. The molecule has 0 saturated carbocycles. The van der Waals surface area contributed by atoms with Gasteiger partial charge in [-0.05, 0) is 41.5 Å². The molecule has 2 aromatic rings. The second-order valence-electron chi connectivity index (χ2n) is 4.06. The minimum Gasteiger partial charge on any atom is -0.497 e. The van der Waals surface area contributed by atoms with Gasteiger partial charge >= 0.3 is 0 Å². The van der Waals surface area contributed by atoms with Crippen LogP contribution < -0.4 is 10.5 Å². The van der Waals surface area contributed by atoms with E-state index in [9.17, 15) is 4.79 Å². The Morgan fingerprint density at radius 3 is 2.65 bits per heavy atom. The van der Waals surface area contributed by atoms with Crippen LogP contribution in [0.5, 0.6) is 5.75 Å². The van der Waals surface area contributed by atoms with Gasteiger partial charge in [-0.2, -0.15) is 0 Å². The zero-order chi connectivity index (χ0) is 12.4. The number of benzene rings is 2. The lowest BCUT2D eigenvalue weighted by molar-refractivity contribution is 0.112. The third-order valence-electron chi connectivity index (χ3n) is 2.91. The van der Waals surface area contributed by atoms with E-state index in [-0.39, 0.29) is 6.04 Å². The Morgan fingerprint density at radius 1 is 1.29 bits per heavy atom. The van der Waals surface area contributed by atoms with Gasteiger partial charge < -0.3 is 10.5 Å². The Kier molecular flexibility index (Phi) is 3.11. The summed E-state index contributed by atoms with van der Waals surface area (Å²) in [6.45, 7) is 1.87. The Labute approximate surface area is 100 Å². The van der Waals surface area contributed by atoms with Crippen molar-refractivity contribution in [2.45, 2.75) is 13.0 Å². The first-order valence-corrected chi connectivity index (χ1v) is 5.48. The van der Waals surface area contributed by atoms with Gasteiger partial charge in [-0.3, -0.25) is 4.79 Å². The summed E-state index contributed by atoms with van der Waals surface area (Å²) < 4.78 is 5.16. The zero-order valence-corrected chi connectivity index (χ0v) is 9.94. The largest absolute Gasteiger partial charge is 0.497 e. The number of nitrogens with two attached hydrogens (primary N) is 1. The molecule has 0 aliphatic heterocycles. The van der Waals surface area contributed by atoms with Crippen molar-refractivity contribution in [3.63, 3.8) is 0 Å². The highest BCUT2D eigenvalue weighted by Crippen LogP contribution is 2.27. The smallest absolute Gasteiger partial charge is 0.151 e. The maximum absolute atomic E-state index is 11.2. The molecule has 0 bridgehead atoms. The minimum atomic E-state index is -0.151. The van der Waals surface area contributed by atoms with E-state index < -0.39 is 0 Å². The first-order chi connectivity index (χ1) is 8.17. The van der Waals surface area contributed by atoms with Gasteiger partial charge in [0.05, 0.1) is 7.11 Å². The lowest BCUT2D eigenvalue weighted by atomic mass is 9.96. The summed E-state index contributed by atoms with van der Waals surface area (Å²) in [7, 11) is 1.62. The summed E-state index contributed by atoms with van der Waals surface area (Å²) in [4.78, 5) is 11.2. The Hall–Kier alpha value is -1.87. The summed E-state index contributed by atoms with van der Waals surface area (Å²) >= 11 is 0. The molecule has 3 heteroatoms. The van der Waals surface area contributed by atoms with Crippen LogP contribution in [0.4, 0.5) is 0 Å². The molecule has 17 heavy (non-hydrogen) atoms. The van der Waals surface area contributed by atoms with Crippen LogP contribution in [-0.2, 0) is 0 Å². The minimum absolute atomic E-state index is 0.151. The predicted molar refractivity (Wildman–Crippen MR) is 68.5 cm³/mol. The van der Waals surface area contributed by atoms with E-state index >= 15 is 0 Å². The molecule has 2 aromatic carbocycles. The molecule has 0 aliphatic rings. The summed E-state index contributed by atoms with van der Waals surface area (Å²) in [6.07, 6.45) is 0.869. The summed E-state index contributed by atoms with van der Waals surface area (Å²) in [5.41, 5.74) is 7.39. The lowest BCUT2D eigenvalue weighted by Crippen LogP contribution is -2.08. The molecule has 0 heterocycles. The van der Waals surface area contributed by atoms with Gasteiger partial charge in [0.15, 0.2) is 6.29 Å². The average molecular weight is 229 g/mol. The van der Waals surface area contributed by atoms with Crippen LogP contribution in [0, 0.1) is 0 Å². The van der Waals surface area contributed by atoms with Crippen molar-refractivity contribution in [3.8, 4) is 5.75 Å². The zero-order valence-electron chi connectivity index (χ0n) is 9.94. The van der Waals surface area contributed by atoms with E-state index in [0.29, 0.717) is 5.56 Å². The van der Waals surface area contributed by atoms with Gasteiger partial charge in [0, 0.05) is 11.6 Å². The Bertz CT molecular complexity index is 561. The van der Waals surface area contributed by atoms with E-state index in [2.05, 4.69) is 0 Å². The average Bonchev–Trinajstić information content (AvgIpc) is 2.36. The molecule has 0 aliphatic carbocycles. The lowest BCUT2D eigenvalue weighted by Gasteiger charge is -2.12. The maximum atomic E-state index is 11.2. The quantitative estimate of drug-likeness (QED) is 0.823. The fourth-order valence-electron chi connectivity index (χ4n) is 2.00. The number of methoxy groups -OCH3 is 1. The van der Waals surface area contributed by atoms with E-state index in [0.717, 1.165) is 28.4 Å². The van der Waals surface area contributed by atoms with Gasteiger partial charge in [0.1, 0.15) is 5.75 Å². The number of hydrogen-bond donors (Lipinski definition) is 1. The second-order valence-corrected chi connectivity index (χ2v) is 4.06. The van der Waals surface area contributed by atoms with Gasteiger partial charge in [-0.1, -0.05) is 12.1 Å². The first-order valence-electron chi connectivity index (χ1n) is 5.48. The van der Waals surface area contributed by atoms with Crippen molar-refractivity contribution < 1.29 is 9.53 Å². The van der Waals surface area contributed by atoms with Crippen molar-refractivity contribution in [1.29, 1.82) is 0 Å². The maximum Gasteiger partial charge on any atom is 0.151 e. The van der Waals surface area contributed by atoms with Crippen molar-refractivity contribution in [2.24, 2.45) is 5.73 Å². The molecule has 0 fully saturated rings. The molecule has 0 saturated heterocycles. The molecule has 88 valence electrons. The van der Waals surface area contributed by atoms with Crippen molar-refractivity contribution in [3.05, 3.63) is 41.5 Å². The monoisotopic (exact) mass is 229 g/mol. The Balaban J connectivity index is 2.74. The fourth-order valence-corrected chi connectivity index (χ4v) is 2.00. The summed E-state index contributed by atoms with van der Waals surface area (Å²) in [5, 5.41) is 1.89. The van der Waals surface area contributed by atoms with E-state index in [4.69, 9.17) is 10.5 Å². The molecule has 0 aromatic heterocycles. The molecular formula is C14H15NO2. The van der Waals surface area contributed by atoms with E-state index in [1.807, 2.05) is 37.3 Å². The topological polar surface area (TPSA) is 52.3 Å². The molecule has 0 unspecified atom stereocenters. The third-order valence-corrected chi connectivity index (χ3v) is 2.91. The molecule has 0 spiro atoms. The van der Waals surface area contributed by atoms with Gasteiger partial charge in [0.2, 0.25) is 0 Å². The Morgan fingerprint density at radius 2 is 2.06 bits per heavy atom. The summed E-state index contributed by atoms with van der Waals surface area (Å²) in [6, 6.07) is 9.36. The molecule has 1 atom stereocenters.